The Bertz CT molecular complexity index is 1000. The summed E-state index contributed by atoms with van der Waals surface area (Å²) in [5.41, 5.74) is 0. The number of fused-ring (bicyclic) bond motifs is 6. The molecule has 4 aromatic carbocycles. The number of hydrogen-bond acceptors (Lipinski definition) is 1. The smallest absolute Gasteiger partial charge is 0.184 e. The quantitative estimate of drug-likeness (QED) is 0.304. The number of aldehydes is 1. The molecule has 104 valence electrons. The average Bonchev–Trinajstić information content (AvgIpc) is 2.60. The highest BCUT2D eigenvalue weighted by atomic mass is 31.1. The van der Waals surface area contributed by atoms with Gasteiger partial charge in [0.05, 0.1) is 0 Å². The molecule has 4 rings (SSSR count). The molecule has 0 aliphatic rings. The van der Waals surface area contributed by atoms with Gasteiger partial charge in [0.1, 0.15) is 8.20 Å². The van der Waals surface area contributed by atoms with Gasteiger partial charge < -0.3 is 0 Å². The Morgan fingerprint density at radius 1 is 0.636 bits per heavy atom. The number of rotatable bonds is 2. The number of carbonyl (C=O) groups is 1. The second kappa shape index (κ2) is 5.36. The fourth-order valence-electron chi connectivity index (χ4n) is 3.20. The predicted octanol–water partition coefficient (Wildman–Crippen LogP) is 4.45. The lowest BCUT2D eigenvalue weighted by molar-refractivity contribution is -0.102. The fraction of sp³-hybridized carbons (Fsp3) is 0. The second-order valence-electron chi connectivity index (χ2n) is 5.27. The van der Waals surface area contributed by atoms with Crippen LogP contribution < -0.4 is 5.30 Å². The molecule has 0 N–H and O–H groups in total. The Balaban J connectivity index is 2.32. The lowest BCUT2D eigenvalue weighted by atomic mass is 9.94. The molecule has 0 saturated heterocycles. The van der Waals surface area contributed by atoms with E-state index >= 15 is 0 Å². The third-order valence-corrected chi connectivity index (χ3v) is 5.11. The summed E-state index contributed by atoms with van der Waals surface area (Å²) in [6, 6.07) is 23.5. The van der Waals surface area contributed by atoms with Crippen LogP contribution in [0, 0.1) is 0 Å². The van der Waals surface area contributed by atoms with Crippen LogP contribution in [0.3, 0.4) is 0 Å². The SMILES string of the molecule is O=CC=[PH+]c1cccc2c3ccccc3c3ccccc3c12. The van der Waals surface area contributed by atoms with Crippen molar-refractivity contribution in [3.63, 3.8) is 0 Å². The van der Waals surface area contributed by atoms with E-state index in [1.165, 1.54) is 37.6 Å². The molecule has 22 heavy (non-hydrogen) atoms. The standard InChI is InChI=1S/C20H13OP/c21-12-13-22-19-11-5-10-18-16-7-2-1-6-14(16)15-8-3-4-9-17(15)20(18)19/h1-13H/p+1. The van der Waals surface area contributed by atoms with Gasteiger partial charge in [0.2, 0.25) is 0 Å². The lowest BCUT2D eigenvalue weighted by Gasteiger charge is -2.09. The molecule has 0 amide bonds. The molecule has 4 aromatic rings. The van der Waals surface area contributed by atoms with E-state index in [-0.39, 0.29) is 0 Å². The van der Waals surface area contributed by atoms with Gasteiger partial charge in [0, 0.05) is 5.39 Å². The van der Waals surface area contributed by atoms with Crippen molar-refractivity contribution in [1.82, 2.24) is 0 Å². The van der Waals surface area contributed by atoms with E-state index < -0.39 is 0 Å². The van der Waals surface area contributed by atoms with Gasteiger partial charge in [-0.25, -0.2) is 0 Å². The molecule has 0 aliphatic carbocycles. The number of hydrogen-bond donors (Lipinski definition) is 0. The number of benzene rings is 4. The van der Waals surface area contributed by atoms with Crippen molar-refractivity contribution in [3.05, 3.63) is 66.7 Å². The van der Waals surface area contributed by atoms with E-state index in [2.05, 4.69) is 66.7 Å². The first-order valence-electron chi connectivity index (χ1n) is 7.26. The van der Waals surface area contributed by atoms with Gasteiger partial charge in [0.25, 0.3) is 0 Å². The van der Waals surface area contributed by atoms with Crippen molar-refractivity contribution in [3.8, 4) is 0 Å². The van der Waals surface area contributed by atoms with E-state index in [1.807, 2.05) is 0 Å². The van der Waals surface area contributed by atoms with Crippen molar-refractivity contribution >= 4 is 57.9 Å². The maximum atomic E-state index is 10.7. The second-order valence-corrected chi connectivity index (χ2v) is 6.43. The summed E-state index contributed by atoms with van der Waals surface area (Å²) in [5, 5.41) is 8.85. The van der Waals surface area contributed by atoms with Crippen molar-refractivity contribution in [2.45, 2.75) is 0 Å². The van der Waals surface area contributed by atoms with Crippen molar-refractivity contribution in [2.75, 3.05) is 0 Å². The van der Waals surface area contributed by atoms with E-state index in [1.54, 1.807) is 5.80 Å². The maximum absolute atomic E-state index is 10.7. The lowest BCUT2D eigenvalue weighted by Crippen LogP contribution is -1.96. The zero-order valence-corrected chi connectivity index (χ0v) is 12.9. The molecule has 0 radical (unpaired) electrons. The number of carbonyl (C=O) groups excluding carboxylic acids is 1. The molecule has 0 saturated carbocycles. The van der Waals surface area contributed by atoms with Crippen LogP contribution in [0.4, 0.5) is 0 Å². The van der Waals surface area contributed by atoms with Crippen molar-refractivity contribution in [1.29, 1.82) is 0 Å². The van der Waals surface area contributed by atoms with Gasteiger partial charge in [-0.3, -0.25) is 4.79 Å². The summed E-state index contributed by atoms with van der Waals surface area (Å²) in [4.78, 5) is 10.7. The molecule has 1 unspecified atom stereocenters. The van der Waals surface area contributed by atoms with Crippen LogP contribution in [0.2, 0.25) is 0 Å². The van der Waals surface area contributed by atoms with Gasteiger partial charge >= 0.3 is 0 Å². The Hall–Kier alpha value is -2.50. The molecular weight excluding hydrogens is 287 g/mol. The minimum atomic E-state index is 0.400. The van der Waals surface area contributed by atoms with Gasteiger partial charge in [0.15, 0.2) is 17.4 Å². The van der Waals surface area contributed by atoms with Gasteiger partial charge in [-0.2, -0.15) is 0 Å². The molecule has 1 nitrogen and oxygen atoms in total. The van der Waals surface area contributed by atoms with E-state index in [4.69, 9.17) is 0 Å². The molecular formula is C20H14OP+. The van der Waals surface area contributed by atoms with Gasteiger partial charge in [-0.15, -0.1) is 0 Å². The molecule has 0 aromatic heterocycles. The molecule has 0 aliphatic heterocycles. The van der Waals surface area contributed by atoms with E-state index in [0.29, 0.717) is 8.20 Å². The average molecular weight is 301 g/mol. The highest BCUT2D eigenvalue weighted by molar-refractivity contribution is 7.49. The third kappa shape index (κ3) is 1.94. The summed E-state index contributed by atoms with van der Waals surface area (Å²) >= 11 is 0. The molecule has 2 heteroatoms. The summed E-state index contributed by atoms with van der Waals surface area (Å²) in [6.45, 7) is 0. The highest BCUT2D eigenvalue weighted by Gasteiger charge is 2.12. The summed E-state index contributed by atoms with van der Waals surface area (Å²) in [7, 11) is 0.400. The normalized spacial score (nSPS) is 11.6. The molecule has 0 spiro atoms. The minimum Gasteiger partial charge on any atom is -0.294 e. The first kappa shape index (κ1) is 13.2. The monoisotopic (exact) mass is 301 g/mol. The summed E-state index contributed by atoms with van der Waals surface area (Å²) < 4.78 is 0. The zero-order chi connectivity index (χ0) is 14.9. The van der Waals surface area contributed by atoms with E-state index in [0.717, 1.165) is 6.29 Å². The van der Waals surface area contributed by atoms with Gasteiger partial charge in [-0.05, 0) is 33.0 Å². The topological polar surface area (TPSA) is 17.1 Å². The molecule has 0 heterocycles. The highest BCUT2D eigenvalue weighted by Crippen LogP contribution is 2.34. The third-order valence-electron chi connectivity index (χ3n) is 4.08. The molecule has 1 atom stereocenters. The zero-order valence-electron chi connectivity index (χ0n) is 11.9. The molecule has 0 bridgehead atoms. The summed E-state index contributed by atoms with van der Waals surface area (Å²) in [6.07, 6.45) is 0.889. The van der Waals surface area contributed by atoms with Crippen LogP contribution in [0.1, 0.15) is 0 Å². The Morgan fingerprint density at radius 2 is 1.14 bits per heavy atom. The fourth-order valence-corrected chi connectivity index (χ4v) is 4.05. The predicted molar refractivity (Wildman–Crippen MR) is 99.0 cm³/mol. The van der Waals surface area contributed by atoms with Crippen LogP contribution in [-0.2, 0) is 4.79 Å². The van der Waals surface area contributed by atoms with Gasteiger partial charge in [-0.1, -0.05) is 60.7 Å². The molecule has 0 fully saturated rings. The van der Waals surface area contributed by atoms with Crippen molar-refractivity contribution in [2.24, 2.45) is 0 Å². The van der Waals surface area contributed by atoms with Crippen LogP contribution in [0.5, 0.6) is 0 Å². The Labute approximate surface area is 130 Å². The first-order chi connectivity index (χ1) is 10.9. The Morgan fingerprint density at radius 3 is 1.73 bits per heavy atom. The van der Waals surface area contributed by atoms with Crippen LogP contribution >= 0.6 is 8.20 Å². The van der Waals surface area contributed by atoms with E-state index in [9.17, 15) is 4.79 Å². The minimum absolute atomic E-state index is 0.400. The summed E-state index contributed by atoms with van der Waals surface area (Å²) in [5.74, 6) is 1.71. The van der Waals surface area contributed by atoms with Crippen LogP contribution in [0.15, 0.2) is 66.7 Å². The first-order valence-corrected chi connectivity index (χ1v) is 8.33. The van der Waals surface area contributed by atoms with Crippen LogP contribution in [-0.4, -0.2) is 12.1 Å². The largest absolute Gasteiger partial charge is 0.294 e. The van der Waals surface area contributed by atoms with Crippen LogP contribution in [0.25, 0.3) is 32.3 Å². The maximum Gasteiger partial charge on any atom is 0.184 e. The Kier molecular flexibility index (Phi) is 3.21. The van der Waals surface area contributed by atoms with Crippen molar-refractivity contribution < 1.29 is 4.79 Å².